The number of aliphatic hydroxyl groups excluding tert-OH is 1. The zero-order valence-electron chi connectivity index (χ0n) is 7.92. The Bertz CT molecular complexity index is 53.9. The van der Waals surface area contributed by atoms with Gasteiger partial charge < -0.3 is 10.0 Å². The lowest BCUT2D eigenvalue weighted by molar-refractivity contribution is 0.0578. The van der Waals surface area contributed by atoms with E-state index in [9.17, 15) is 0 Å². The van der Waals surface area contributed by atoms with Crippen LogP contribution in [0.4, 0.5) is 0 Å². The standard InChI is InChI=1S/C4H11NO.C3H9N/c1-4(6)5(2)3;1-4(2)3/h4,6H,1-3H3;1-3H3. The lowest BCUT2D eigenvalue weighted by Crippen LogP contribution is -2.23. The summed E-state index contributed by atoms with van der Waals surface area (Å²) in [5, 5.41) is 8.56. The van der Waals surface area contributed by atoms with Gasteiger partial charge in [0.2, 0.25) is 0 Å². The first-order chi connectivity index (χ1) is 4.37. The molecule has 0 aliphatic heterocycles. The molecule has 0 saturated carbocycles. The van der Waals surface area contributed by atoms with Crippen LogP contribution in [0.1, 0.15) is 6.92 Å². The molecule has 64 valence electrons. The summed E-state index contributed by atoms with van der Waals surface area (Å²) >= 11 is 0. The molecular weight excluding hydrogens is 128 g/mol. The van der Waals surface area contributed by atoms with Gasteiger partial charge in [0.1, 0.15) is 6.23 Å². The minimum absolute atomic E-state index is 0.315. The summed E-state index contributed by atoms with van der Waals surface area (Å²) in [6.45, 7) is 1.72. The van der Waals surface area contributed by atoms with Crippen molar-refractivity contribution in [2.75, 3.05) is 35.2 Å². The van der Waals surface area contributed by atoms with Crippen LogP contribution in [0.5, 0.6) is 0 Å². The van der Waals surface area contributed by atoms with Crippen LogP contribution in [0.25, 0.3) is 0 Å². The first-order valence-electron chi connectivity index (χ1n) is 3.33. The van der Waals surface area contributed by atoms with Crippen molar-refractivity contribution in [3.05, 3.63) is 0 Å². The van der Waals surface area contributed by atoms with E-state index in [4.69, 9.17) is 5.11 Å². The lowest BCUT2D eigenvalue weighted by Gasteiger charge is -2.11. The maximum absolute atomic E-state index is 8.56. The van der Waals surface area contributed by atoms with E-state index in [-0.39, 0.29) is 6.23 Å². The fraction of sp³-hybridized carbons (Fsp3) is 1.00. The van der Waals surface area contributed by atoms with Crippen LogP contribution in [-0.2, 0) is 0 Å². The van der Waals surface area contributed by atoms with E-state index in [1.54, 1.807) is 11.8 Å². The topological polar surface area (TPSA) is 26.7 Å². The summed E-state index contributed by atoms with van der Waals surface area (Å²) in [5.41, 5.74) is 0. The van der Waals surface area contributed by atoms with Gasteiger partial charge in [0.05, 0.1) is 0 Å². The van der Waals surface area contributed by atoms with Gasteiger partial charge in [-0.3, -0.25) is 4.90 Å². The van der Waals surface area contributed by atoms with Gasteiger partial charge in [-0.2, -0.15) is 0 Å². The zero-order chi connectivity index (χ0) is 8.73. The molecule has 0 rings (SSSR count). The average molecular weight is 148 g/mol. The molecule has 0 aliphatic rings. The van der Waals surface area contributed by atoms with Crippen molar-refractivity contribution in [3.8, 4) is 0 Å². The maximum Gasteiger partial charge on any atom is 0.104 e. The molecule has 10 heavy (non-hydrogen) atoms. The third kappa shape index (κ3) is 24.8. The Kier molecular flexibility index (Phi) is 8.77. The third-order valence-electron chi connectivity index (χ3n) is 0.747. The first kappa shape index (κ1) is 12.5. The number of nitrogens with zero attached hydrogens (tertiary/aromatic N) is 2. The zero-order valence-corrected chi connectivity index (χ0v) is 7.92. The van der Waals surface area contributed by atoms with Crippen molar-refractivity contribution in [2.45, 2.75) is 13.2 Å². The Balaban J connectivity index is 0. The smallest absolute Gasteiger partial charge is 0.104 e. The molecule has 0 aromatic carbocycles. The second-order valence-electron chi connectivity index (χ2n) is 2.94. The van der Waals surface area contributed by atoms with E-state index in [0.29, 0.717) is 0 Å². The third-order valence-corrected chi connectivity index (χ3v) is 0.747. The highest BCUT2D eigenvalue weighted by Crippen LogP contribution is 1.79. The fourth-order valence-electron chi connectivity index (χ4n) is 0. The van der Waals surface area contributed by atoms with Gasteiger partial charge in [0.25, 0.3) is 0 Å². The molecule has 0 saturated heterocycles. The number of hydrogen-bond acceptors (Lipinski definition) is 3. The molecule has 3 heteroatoms. The molecule has 0 bridgehead atoms. The summed E-state index contributed by atoms with van der Waals surface area (Å²) in [6.07, 6.45) is -0.315. The van der Waals surface area contributed by atoms with E-state index in [1.807, 2.05) is 40.1 Å². The molecule has 0 aromatic rings. The second-order valence-corrected chi connectivity index (χ2v) is 2.94. The lowest BCUT2D eigenvalue weighted by atomic mass is 10.6. The van der Waals surface area contributed by atoms with Crippen LogP contribution in [0.2, 0.25) is 0 Å². The minimum Gasteiger partial charge on any atom is -0.379 e. The average Bonchev–Trinajstić information content (AvgIpc) is 1.63. The van der Waals surface area contributed by atoms with E-state index in [0.717, 1.165) is 0 Å². The monoisotopic (exact) mass is 148 g/mol. The van der Waals surface area contributed by atoms with Gasteiger partial charge in [0.15, 0.2) is 0 Å². The van der Waals surface area contributed by atoms with E-state index >= 15 is 0 Å². The summed E-state index contributed by atoms with van der Waals surface area (Å²) in [6, 6.07) is 0. The molecule has 1 N–H and O–H groups in total. The van der Waals surface area contributed by atoms with Crippen molar-refractivity contribution in [1.29, 1.82) is 0 Å². The van der Waals surface area contributed by atoms with Crippen LogP contribution in [0.3, 0.4) is 0 Å². The van der Waals surface area contributed by atoms with Crippen molar-refractivity contribution in [2.24, 2.45) is 0 Å². The van der Waals surface area contributed by atoms with Gasteiger partial charge in [-0.05, 0) is 42.2 Å². The molecule has 0 heterocycles. The van der Waals surface area contributed by atoms with Crippen LogP contribution >= 0.6 is 0 Å². The molecule has 0 aliphatic carbocycles. The largest absolute Gasteiger partial charge is 0.379 e. The van der Waals surface area contributed by atoms with Gasteiger partial charge in [-0.15, -0.1) is 0 Å². The minimum atomic E-state index is -0.315. The molecule has 0 aromatic heterocycles. The predicted octanol–water partition coefficient (Wildman–Crippen LogP) is 0.0641. The highest BCUT2D eigenvalue weighted by atomic mass is 16.3. The van der Waals surface area contributed by atoms with Crippen LogP contribution in [0, 0.1) is 0 Å². The maximum atomic E-state index is 8.56. The SMILES string of the molecule is CC(O)N(C)C.CN(C)C. The Morgan fingerprint density at radius 2 is 1.10 bits per heavy atom. The Labute approximate surface area is 64.2 Å². The number of rotatable bonds is 1. The summed E-state index contributed by atoms with van der Waals surface area (Å²) < 4.78 is 0. The van der Waals surface area contributed by atoms with Gasteiger partial charge in [-0.25, -0.2) is 0 Å². The molecule has 3 nitrogen and oxygen atoms in total. The summed E-state index contributed by atoms with van der Waals surface area (Å²) in [7, 11) is 9.65. The fourth-order valence-corrected chi connectivity index (χ4v) is 0. The summed E-state index contributed by atoms with van der Waals surface area (Å²) in [4.78, 5) is 3.72. The Morgan fingerprint density at radius 3 is 1.10 bits per heavy atom. The van der Waals surface area contributed by atoms with Gasteiger partial charge in [-0.1, -0.05) is 0 Å². The van der Waals surface area contributed by atoms with Gasteiger partial charge >= 0.3 is 0 Å². The molecule has 0 spiro atoms. The Morgan fingerprint density at radius 1 is 1.00 bits per heavy atom. The Hall–Kier alpha value is -0.120. The van der Waals surface area contributed by atoms with Crippen molar-refractivity contribution < 1.29 is 5.11 Å². The van der Waals surface area contributed by atoms with Crippen molar-refractivity contribution >= 4 is 0 Å². The first-order valence-corrected chi connectivity index (χ1v) is 3.33. The van der Waals surface area contributed by atoms with Crippen LogP contribution in [0.15, 0.2) is 0 Å². The number of aliphatic hydroxyl groups is 1. The van der Waals surface area contributed by atoms with Crippen LogP contribution < -0.4 is 0 Å². The summed E-state index contributed by atoms with van der Waals surface area (Å²) in [5.74, 6) is 0. The van der Waals surface area contributed by atoms with Gasteiger partial charge in [0, 0.05) is 0 Å². The quantitative estimate of drug-likeness (QED) is 0.533. The molecule has 0 radical (unpaired) electrons. The van der Waals surface area contributed by atoms with Crippen molar-refractivity contribution in [1.82, 2.24) is 9.80 Å². The molecule has 1 unspecified atom stereocenters. The van der Waals surface area contributed by atoms with E-state index < -0.39 is 0 Å². The highest BCUT2D eigenvalue weighted by Gasteiger charge is 1.92. The second kappa shape index (κ2) is 6.99. The molecule has 0 amide bonds. The van der Waals surface area contributed by atoms with Crippen molar-refractivity contribution in [3.63, 3.8) is 0 Å². The normalized spacial score (nSPS) is 12.9. The molecule has 1 atom stereocenters. The molecular formula is C7H20N2O. The predicted molar refractivity (Wildman–Crippen MR) is 45.0 cm³/mol. The number of hydrogen-bond donors (Lipinski definition) is 1. The van der Waals surface area contributed by atoms with E-state index in [2.05, 4.69) is 0 Å². The van der Waals surface area contributed by atoms with E-state index in [1.165, 1.54) is 0 Å². The molecule has 0 fully saturated rings. The highest BCUT2D eigenvalue weighted by molar-refractivity contribution is 4.35. The van der Waals surface area contributed by atoms with Crippen LogP contribution in [-0.4, -0.2) is 56.4 Å².